The Kier molecular flexibility index (Phi) is 2.35. The third-order valence-electron chi connectivity index (χ3n) is 3.48. The van der Waals surface area contributed by atoms with Crippen molar-refractivity contribution in [3.63, 3.8) is 0 Å². The molecular formula is C11H14N4O2. The zero-order valence-corrected chi connectivity index (χ0v) is 9.43. The summed E-state index contributed by atoms with van der Waals surface area (Å²) in [5.41, 5.74) is -0.139. The number of fused-ring (bicyclic) bond motifs is 1. The smallest absolute Gasteiger partial charge is 0.252 e. The number of anilines is 1. The van der Waals surface area contributed by atoms with Crippen molar-refractivity contribution in [1.29, 1.82) is 0 Å². The Morgan fingerprint density at radius 3 is 3.06 bits per heavy atom. The fourth-order valence-corrected chi connectivity index (χ4v) is 2.60. The molecule has 1 amide bonds. The van der Waals surface area contributed by atoms with Crippen LogP contribution in [0.5, 0.6) is 0 Å². The average molecular weight is 234 g/mol. The first-order valence-corrected chi connectivity index (χ1v) is 5.83. The summed E-state index contributed by atoms with van der Waals surface area (Å²) in [7, 11) is 0. The van der Waals surface area contributed by atoms with Gasteiger partial charge < -0.3 is 14.8 Å². The Morgan fingerprint density at radius 2 is 2.24 bits per heavy atom. The van der Waals surface area contributed by atoms with Gasteiger partial charge in [-0.05, 0) is 6.42 Å². The van der Waals surface area contributed by atoms with E-state index in [2.05, 4.69) is 14.9 Å². The fourth-order valence-electron chi connectivity index (χ4n) is 2.60. The number of amides is 1. The number of hydrogen-bond donors (Lipinski definition) is 1. The summed E-state index contributed by atoms with van der Waals surface area (Å²) in [5.74, 6) is 0.960. The summed E-state index contributed by atoms with van der Waals surface area (Å²) in [4.78, 5) is 33.5. The van der Waals surface area contributed by atoms with Gasteiger partial charge >= 0.3 is 0 Å². The zero-order valence-electron chi connectivity index (χ0n) is 9.43. The molecule has 3 rings (SSSR count). The van der Waals surface area contributed by atoms with Crippen LogP contribution in [0.4, 0.5) is 5.82 Å². The predicted octanol–water partition coefficient (Wildman–Crippen LogP) is -0.419. The molecule has 0 saturated carbocycles. The van der Waals surface area contributed by atoms with Crippen molar-refractivity contribution >= 4 is 11.7 Å². The van der Waals surface area contributed by atoms with E-state index >= 15 is 0 Å². The highest BCUT2D eigenvalue weighted by atomic mass is 16.2. The first-order chi connectivity index (χ1) is 8.24. The van der Waals surface area contributed by atoms with Crippen LogP contribution in [0.2, 0.25) is 0 Å². The number of carbonyl (C=O) groups is 1. The van der Waals surface area contributed by atoms with Crippen LogP contribution in [0, 0.1) is 0 Å². The second-order valence-electron chi connectivity index (χ2n) is 4.49. The lowest BCUT2D eigenvalue weighted by Crippen LogP contribution is -2.51. The van der Waals surface area contributed by atoms with E-state index in [1.807, 2.05) is 4.90 Å². The van der Waals surface area contributed by atoms with Crippen molar-refractivity contribution in [3.05, 3.63) is 22.7 Å². The van der Waals surface area contributed by atoms with Crippen molar-refractivity contribution in [3.8, 4) is 0 Å². The molecule has 0 bridgehead atoms. The third kappa shape index (κ3) is 1.79. The van der Waals surface area contributed by atoms with Gasteiger partial charge in [0.1, 0.15) is 5.82 Å². The molecule has 1 aromatic rings. The molecule has 3 heterocycles. The van der Waals surface area contributed by atoms with Crippen molar-refractivity contribution in [2.24, 2.45) is 0 Å². The number of aromatic nitrogens is 2. The second kappa shape index (κ2) is 3.87. The highest BCUT2D eigenvalue weighted by molar-refractivity contribution is 5.79. The molecule has 0 aromatic carbocycles. The van der Waals surface area contributed by atoms with Crippen molar-refractivity contribution < 1.29 is 4.79 Å². The molecule has 1 aromatic heterocycles. The largest absolute Gasteiger partial charge is 0.353 e. The maximum Gasteiger partial charge on any atom is 0.252 e. The van der Waals surface area contributed by atoms with Crippen LogP contribution in [0.25, 0.3) is 0 Å². The Labute approximate surface area is 98.3 Å². The van der Waals surface area contributed by atoms with E-state index in [9.17, 15) is 9.59 Å². The number of nitrogens with one attached hydrogen (secondary N) is 1. The summed E-state index contributed by atoms with van der Waals surface area (Å²) in [6.07, 6.45) is 2.99. The van der Waals surface area contributed by atoms with Gasteiger partial charge in [0.05, 0.1) is 6.33 Å². The van der Waals surface area contributed by atoms with Gasteiger partial charge in [0.25, 0.3) is 5.56 Å². The van der Waals surface area contributed by atoms with Gasteiger partial charge in [0.2, 0.25) is 5.91 Å². The Morgan fingerprint density at radius 1 is 1.35 bits per heavy atom. The third-order valence-corrected chi connectivity index (χ3v) is 3.48. The van der Waals surface area contributed by atoms with E-state index in [1.54, 1.807) is 0 Å². The zero-order chi connectivity index (χ0) is 11.8. The lowest BCUT2D eigenvalue weighted by Gasteiger charge is -2.38. The molecule has 2 saturated heterocycles. The number of carbonyl (C=O) groups excluding carboxylic acids is 1. The topological polar surface area (TPSA) is 69.3 Å². The average Bonchev–Trinajstić information content (AvgIpc) is 2.71. The number of hydrogen-bond acceptors (Lipinski definition) is 4. The van der Waals surface area contributed by atoms with Gasteiger partial charge in [-0.2, -0.15) is 0 Å². The number of rotatable bonds is 1. The maximum atomic E-state index is 11.5. The van der Waals surface area contributed by atoms with Gasteiger partial charge in [-0.1, -0.05) is 0 Å². The molecule has 0 spiro atoms. The minimum Gasteiger partial charge on any atom is -0.353 e. The van der Waals surface area contributed by atoms with E-state index in [0.29, 0.717) is 12.2 Å². The van der Waals surface area contributed by atoms with Gasteiger partial charge in [0, 0.05) is 38.2 Å². The molecule has 0 aliphatic carbocycles. The minimum atomic E-state index is -0.139. The summed E-state index contributed by atoms with van der Waals surface area (Å²) in [5, 5.41) is 0. The number of nitrogens with zero attached hydrogens (tertiary/aromatic N) is 3. The first-order valence-electron chi connectivity index (χ1n) is 5.83. The minimum absolute atomic E-state index is 0.139. The molecular weight excluding hydrogens is 220 g/mol. The lowest BCUT2D eigenvalue weighted by atomic mass is 10.1. The first kappa shape index (κ1) is 10.3. The molecule has 1 N–H and O–H groups in total. The van der Waals surface area contributed by atoms with Crippen molar-refractivity contribution in [1.82, 2.24) is 14.9 Å². The molecule has 2 fully saturated rings. The number of aromatic amines is 1. The van der Waals surface area contributed by atoms with E-state index in [1.165, 1.54) is 12.4 Å². The van der Waals surface area contributed by atoms with Gasteiger partial charge in [-0.3, -0.25) is 9.59 Å². The van der Waals surface area contributed by atoms with Crippen LogP contribution in [-0.2, 0) is 4.79 Å². The molecule has 6 heteroatoms. The molecule has 90 valence electrons. The van der Waals surface area contributed by atoms with E-state index in [4.69, 9.17) is 0 Å². The SMILES string of the molecule is O=C1CCC2CN(c3cc(=O)[nH]cn3)CCN12. The monoisotopic (exact) mass is 234 g/mol. The summed E-state index contributed by atoms with van der Waals surface area (Å²) in [6.45, 7) is 2.26. The molecule has 1 atom stereocenters. The van der Waals surface area contributed by atoms with Crippen LogP contribution in [0.3, 0.4) is 0 Å². The quantitative estimate of drug-likeness (QED) is 0.716. The van der Waals surface area contributed by atoms with Crippen molar-refractivity contribution in [2.45, 2.75) is 18.9 Å². The number of piperazine rings is 1. The summed E-state index contributed by atoms with van der Waals surface area (Å²) >= 11 is 0. The predicted molar refractivity (Wildman–Crippen MR) is 61.8 cm³/mol. The highest BCUT2D eigenvalue weighted by Crippen LogP contribution is 2.24. The molecule has 2 aliphatic heterocycles. The van der Waals surface area contributed by atoms with E-state index in [-0.39, 0.29) is 17.5 Å². The van der Waals surface area contributed by atoms with Crippen LogP contribution >= 0.6 is 0 Å². The molecule has 6 nitrogen and oxygen atoms in total. The highest BCUT2D eigenvalue weighted by Gasteiger charge is 2.35. The van der Waals surface area contributed by atoms with E-state index in [0.717, 1.165) is 26.1 Å². The fraction of sp³-hybridized carbons (Fsp3) is 0.545. The Hall–Kier alpha value is -1.85. The molecule has 17 heavy (non-hydrogen) atoms. The maximum absolute atomic E-state index is 11.5. The second-order valence-corrected chi connectivity index (χ2v) is 4.49. The number of H-pyrrole nitrogens is 1. The van der Waals surface area contributed by atoms with Crippen molar-refractivity contribution in [2.75, 3.05) is 24.5 Å². The van der Waals surface area contributed by atoms with Crippen LogP contribution in [0.15, 0.2) is 17.2 Å². The van der Waals surface area contributed by atoms with Gasteiger partial charge in [-0.15, -0.1) is 0 Å². The Bertz CT molecular complexity index is 498. The lowest BCUT2D eigenvalue weighted by molar-refractivity contribution is -0.129. The van der Waals surface area contributed by atoms with Crippen LogP contribution in [0.1, 0.15) is 12.8 Å². The van der Waals surface area contributed by atoms with Gasteiger partial charge in [-0.25, -0.2) is 4.98 Å². The summed E-state index contributed by atoms with van der Waals surface area (Å²) < 4.78 is 0. The normalized spacial score (nSPS) is 24.0. The Balaban J connectivity index is 1.79. The van der Waals surface area contributed by atoms with Gasteiger partial charge in [0.15, 0.2) is 0 Å². The van der Waals surface area contributed by atoms with Crippen LogP contribution < -0.4 is 10.5 Å². The summed E-state index contributed by atoms with van der Waals surface area (Å²) in [6, 6.07) is 1.80. The van der Waals surface area contributed by atoms with Crippen LogP contribution in [-0.4, -0.2) is 46.5 Å². The standard InChI is InChI=1S/C11H14N4O2/c16-10-5-9(12-7-13-10)14-3-4-15-8(6-14)1-2-11(15)17/h5,7-8H,1-4,6H2,(H,12,13,16). The molecule has 2 aliphatic rings. The molecule has 0 radical (unpaired) electrons. The molecule has 1 unspecified atom stereocenters. The van der Waals surface area contributed by atoms with E-state index < -0.39 is 0 Å².